The van der Waals surface area contributed by atoms with Crippen molar-refractivity contribution >= 4 is 75.6 Å². The maximum Gasteiger partial charge on any atom is 0.340 e. The fraction of sp³-hybridized carbons (Fsp3) is 0.129. The van der Waals surface area contributed by atoms with Crippen LogP contribution in [0, 0.1) is 0 Å². The molecule has 1 aliphatic heterocycles. The molecule has 0 N–H and O–H groups in total. The zero-order valence-corrected chi connectivity index (χ0v) is 25.8. The fourth-order valence-corrected chi connectivity index (χ4v) is 5.78. The van der Waals surface area contributed by atoms with Gasteiger partial charge in [-0.05, 0) is 71.3 Å². The summed E-state index contributed by atoms with van der Waals surface area (Å²) in [6, 6.07) is 26.8. The first-order valence-corrected chi connectivity index (χ1v) is 14.8. The van der Waals surface area contributed by atoms with Crippen molar-refractivity contribution in [1.29, 1.82) is 0 Å². The highest BCUT2D eigenvalue weighted by Crippen LogP contribution is 2.37. The van der Waals surface area contributed by atoms with E-state index in [1.807, 2.05) is 65.8 Å². The number of carbonyl (C=O) groups is 1. The van der Waals surface area contributed by atoms with Crippen LogP contribution in [0.2, 0.25) is 25.1 Å². The number of hydrogen-bond donors (Lipinski definition) is 0. The smallest absolute Gasteiger partial charge is 0.340 e. The molecule has 0 saturated carbocycles. The molecule has 4 aromatic carbocycles. The van der Waals surface area contributed by atoms with Crippen LogP contribution in [0.25, 0.3) is 0 Å². The van der Waals surface area contributed by atoms with E-state index in [9.17, 15) is 4.79 Å². The Kier molecular flexibility index (Phi) is 9.60. The normalized spacial score (nSPS) is 14.4. The Morgan fingerprint density at radius 3 is 1.61 bits per heavy atom. The van der Waals surface area contributed by atoms with Crippen molar-refractivity contribution in [1.82, 2.24) is 9.80 Å². The number of hydrogen-bond acceptors (Lipinski definition) is 4. The summed E-state index contributed by atoms with van der Waals surface area (Å²) in [7, 11) is 0. The summed E-state index contributed by atoms with van der Waals surface area (Å²) in [6.07, 6.45) is 2.98. The Morgan fingerprint density at radius 2 is 1.10 bits per heavy atom. The van der Waals surface area contributed by atoms with E-state index in [0.717, 1.165) is 11.1 Å². The number of rotatable bonds is 8. The van der Waals surface area contributed by atoms with E-state index in [2.05, 4.69) is 4.90 Å². The molecule has 0 saturated heterocycles. The molecule has 210 valence electrons. The van der Waals surface area contributed by atoms with Crippen molar-refractivity contribution < 1.29 is 9.53 Å². The number of nitrogens with zero attached hydrogens (tertiary/aromatic N) is 2. The summed E-state index contributed by atoms with van der Waals surface area (Å²) in [5, 5.41) is 2.44. The van der Waals surface area contributed by atoms with Crippen LogP contribution >= 0.6 is 69.6 Å². The van der Waals surface area contributed by atoms with E-state index in [1.165, 1.54) is 12.1 Å². The van der Waals surface area contributed by atoms with Gasteiger partial charge in [0.25, 0.3) is 0 Å². The van der Waals surface area contributed by atoms with Gasteiger partial charge in [-0.15, -0.1) is 0 Å². The molecule has 2 atom stereocenters. The number of benzene rings is 4. The number of esters is 1. The second kappa shape index (κ2) is 13.2. The minimum absolute atomic E-state index is 0.154. The predicted octanol–water partition coefficient (Wildman–Crippen LogP) is 10.3. The average Bonchev–Trinajstić information content (AvgIpc) is 3.44. The minimum Gasteiger partial charge on any atom is -0.450 e. The second-order valence-corrected chi connectivity index (χ2v) is 11.9. The Bertz CT molecular complexity index is 1500. The maximum absolute atomic E-state index is 13.2. The van der Waals surface area contributed by atoms with Crippen molar-refractivity contribution in [2.45, 2.75) is 17.6 Å². The lowest BCUT2D eigenvalue weighted by molar-refractivity contribution is 0.0158. The molecule has 0 amide bonds. The fourth-order valence-electron chi connectivity index (χ4n) is 4.59. The van der Waals surface area contributed by atoms with Gasteiger partial charge in [0.05, 0.1) is 23.3 Å². The first-order valence-electron chi connectivity index (χ1n) is 12.5. The van der Waals surface area contributed by atoms with E-state index in [4.69, 9.17) is 74.3 Å². The summed E-state index contributed by atoms with van der Waals surface area (Å²) < 4.78 is 5.98. The Morgan fingerprint density at radius 1 is 0.634 bits per heavy atom. The zero-order valence-electron chi connectivity index (χ0n) is 21.2. The second-order valence-electron chi connectivity index (χ2n) is 9.35. The monoisotopic (exact) mass is 664 g/mol. The molecule has 4 nitrogen and oxygen atoms in total. The standard InChI is InChI=1S/C31H22Cl6N2O2/c32-22-7-1-19(2-8-22)28(20-3-9-23(33)10-4-20)38-15-16-39(18-38)30(37)29(21-5-11-24(34)12-6-21)41-31(40)26-14-13-25(35)17-27(26)36/h1-17,28-30H,18H2. The van der Waals surface area contributed by atoms with Crippen molar-refractivity contribution in [3.63, 3.8) is 0 Å². The SMILES string of the molecule is O=C(OC(c1ccc(Cl)cc1)C(Cl)N1C=CN(C(c2ccc(Cl)cc2)c2ccc(Cl)cc2)C1)c1ccc(Cl)cc1Cl. The van der Waals surface area contributed by atoms with Crippen LogP contribution in [-0.2, 0) is 4.74 Å². The summed E-state index contributed by atoms with van der Waals surface area (Å²) >= 11 is 37.9. The molecule has 0 fully saturated rings. The molecule has 0 aliphatic carbocycles. The molecule has 0 aromatic heterocycles. The van der Waals surface area contributed by atoms with E-state index in [1.54, 1.807) is 30.3 Å². The number of carbonyl (C=O) groups excluding carboxylic acids is 1. The first kappa shape index (κ1) is 29.9. The quantitative estimate of drug-likeness (QED) is 0.106. The number of alkyl halides is 1. The van der Waals surface area contributed by atoms with Gasteiger partial charge >= 0.3 is 5.97 Å². The zero-order chi connectivity index (χ0) is 29.1. The molecule has 0 radical (unpaired) electrons. The topological polar surface area (TPSA) is 32.8 Å². The van der Waals surface area contributed by atoms with Crippen LogP contribution in [0.4, 0.5) is 0 Å². The average molecular weight is 667 g/mol. The van der Waals surface area contributed by atoms with Crippen molar-refractivity contribution in [3.05, 3.63) is 151 Å². The van der Waals surface area contributed by atoms with Crippen molar-refractivity contribution in [2.24, 2.45) is 0 Å². The summed E-state index contributed by atoms with van der Waals surface area (Å²) in [6.45, 7) is 0.410. The molecule has 1 heterocycles. The molecule has 2 unspecified atom stereocenters. The number of halogens is 6. The molecule has 0 spiro atoms. The van der Waals surface area contributed by atoms with Gasteiger partial charge in [-0.25, -0.2) is 4.79 Å². The molecular weight excluding hydrogens is 645 g/mol. The summed E-state index contributed by atoms with van der Waals surface area (Å²) in [5.74, 6) is -0.627. The van der Waals surface area contributed by atoms with Crippen LogP contribution < -0.4 is 0 Å². The van der Waals surface area contributed by atoms with Gasteiger partial charge in [0, 0.05) is 32.5 Å². The van der Waals surface area contributed by atoms with Crippen LogP contribution in [-0.4, -0.2) is 27.9 Å². The molecule has 0 bridgehead atoms. The lowest BCUT2D eigenvalue weighted by Crippen LogP contribution is -2.37. The van der Waals surface area contributed by atoms with Gasteiger partial charge in [0.15, 0.2) is 6.10 Å². The van der Waals surface area contributed by atoms with Crippen LogP contribution in [0.5, 0.6) is 0 Å². The van der Waals surface area contributed by atoms with Gasteiger partial charge in [-0.1, -0.05) is 106 Å². The third-order valence-corrected chi connectivity index (χ3v) is 8.41. The third-order valence-electron chi connectivity index (χ3n) is 6.63. The highest BCUT2D eigenvalue weighted by Gasteiger charge is 2.34. The van der Waals surface area contributed by atoms with Gasteiger partial charge in [-0.3, -0.25) is 0 Å². The van der Waals surface area contributed by atoms with Gasteiger partial charge in [0.1, 0.15) is 5.50 Å². The third kappa shape index (κ3) is 7.09. The first-order chi connectivity index (χ1) is 19.7. The van der Waals surface area contributed by atoms with Crippen molar-refractivity contribution in [2.75, 3.05) is 6.67 Å². The largest absolute Gasteiger partial charge is 0.450 e. The Labute approximate surface area is 268 Å². The van der Waals surface area contributed by atoms with E-state index in [-0.39, 0.29) is 16.6 Å². The molecule has 4 aromatic rings. The highest BCUT2D eigenvalue weighted by atomic mass is 35.5. The molecule has 10 heteroatoms. The van der Waals surface area contributed by atoms with E-state index < -0.39 is 17.6 Å². The molecule has 5 rings (SSSR count). The van der Waals surface area contributed by atoms with Gasteiger partial charge < -0.3 is 14.5 Å². The highest BCUT2D eigenvalue weighted by molar-refractivity contribution is 6.36. The predicted molar refractivity (Wildman–Crippen MR) is 168 cm³/mol. The lowest BCUT2D eigenvalue weighted by Gasteiger charge is -2.34. The Hall–Kier alpha value is -2.57. The van der Waals surface area contributed by atoms with E-state index >= 15 is 0 Å². The van der Waals surface area contributed by atoms with Crippen LogP contribution in [0.15, 0.2) is 103 Å². The van der Waals surface area contributed by atoms with Crippen LogP contribution in [0.1, 0.15) is 39.2 Å². The van der Waals surface area contributed by atoms with Crippen LogP contribution in [0.3, 0.4) is 0 Å². The van der Waals surface area contributed by atoms with Gasteiger partial charge in [-0.2, -0.15) is 0 Å². The van der Waals surface area contributed by atoms with E-state index in [0.29, 0.717) is 32.3 Å². The van der Waals surface area contributed by atoms with Gasteiger partial charge in [0.2, 0.25) is 0 Å². The maximum atomic E-state index is 13.2. The lowest BCUT2D eigenvalue weighted by atomic mass is 9.97. The Balaban J connectivity index is 1.42. The molecular formula is C31H22Cl6N2O2. The summed E-state index contributed by atoms with van der Waals surface area (Å²) in [5.41, 5.74) is 2.15. The number of ether oxygens (including phenoxy) is 1. The minimum atomic E-state index is -0.859. The molecule has 41 heavy (non-hydrogen) atoms. The summed E-state index contributed by atoms with van der Waals surface area (Å²) in [4.78, 5) is 17.3. The molecule has 1 aliphatic rings. The van der Waals surface area contributed by atoms with Crippen molar-refractivity contribution in [3.8, 4) is 0 Å².